The number of hydrogen-bond donors (Lipinski definition) is 2. The topological polar surface area (TPSA) is 59.6 Å². The van der Waals surface area contributed by atoms with Crippen LogP contribution in [-0.4, -0.2) is 25.2 Å². The van der Waals surface area contributed by atoms with Crippen molar-refractivity contribution in [3.8, 4) is 11.5 Å². The zero-order valence-corrected chi connectivity index (χ0v) is 19.1. The molecule has 0 bridgehead atoms. The number of amides is 1. The van der Waals surface area contributed by atoms with Crippen molar-refractivity contribution in [1.29, 1.82) is 0 Å². The van der Waals surface area contributed by atoms with Crippen molar-refractivity contribution < 1.29 is 14.3 Å². The molecule has 0 aliphatic heterocycles. The predicted molar refractivity (Wildman–Crippen MR) is 122 cm³/mol. The molecule has 0 radical (unpaired) electrons. The summed E-state index contributed by atoms with van der Waals surface area (Å²) in [6.07, 6.45) is 1.99. The molecule has 0 heterocycles. The Morgan fingerprint density at radius 2 is 1.67 bits per heavy atom. The van der Waals surface area contributed by atoms with Crippen LogP contribution in [0.3, 0.4) is 0 Å². The summed E-state index contributed by atoms with van der Waals surface area (Å²) in [5, 5.41) is 6.60. The molecule has 2 rings (SSSR count). The third kappa shape index (κ3) is 6.77. The Labute approximate surface area is 181 Å². The van der Waals surface area contributed by atoms with Gasteiger partial charge in [-0.1, -0.05) is 49.7 Å². The van der Waals surface area contributed by atoms with Gasteiger partial charge < -0.3 is 14.8 Å². The third-order valence-electron chi connectivity index (χ3n) is 5.04. The summed E-state index contributed by atoms with van der Waals surface area (Å²) in [7, 11) is 1.64. The molecule has 30 heavy (non-hydrogen) atoms. The first-order valence-corrected chi connectivity index (χ1v) is 10.8. The minimum Gasteiger partial charge on any atom is -0.493 e. The van der Waals surface area contributed by atoms with Crippen LogP contribution in [0.15, 0.2) is 48.5 Å². The van der Waals surface area contributed by atoms with E-state index in [1.54, 1.807) is 7.11 Å². The van der Waals surface area contributed by atoms with Gasteiger partial charge in [0.15, 0.2) is 11.5 Å². The number of hydrogen-bond acceptors (Lipinski definition) is 4. The second-order valence-corrected chi connectivity index (χ2v) is 7.95. The van der Waals surface area contributed by atoms with Crippen LogP contribution < -0.4 is 20.1 Å². The fraction of sp³-hybridized carbons (Fsp3) is 0.480. The number of carbonyl (C=O) groups excluding carboxylic acids is 1. The summed E-state index contributed by atoms with van der Waals surface area (Å²) >= 11 is 0. The molecule has 0 aliphatic rings. The van der Waals surface area contributed by atoms with Gasteiger partial charge in [0.05, 0.1) is 25.3 Å². The molecule has 5 heteroatoms. The van der Waals surface area contributed by atoms with Crippen LogP contribution in [0.5, 0.6) is 11.5 Å². The SMILES string of the molecule is CCCC(NC(=O)C(C)NC(C)c1ccc(OC(C)C)c(OC)c1)c1ccccc1. The molecule has 0 saturated carbocycles. The average molecular weight is 413 g/mol. The normalized spacial score (nSPS) is 14.1. The molecule has 3 unspecified atom stereocenters. The lowest BCUT2D eigenvalue weighted by Gasteiger charge is -2.24. The standard InChI is InChI=1S/C25H36N2O3/c1-7-11-22(20-12-9-8-10-13-20)27-25(28)19(5)26-18(4)21-14-15-23(30-17(2)3)24(16-21)29-6/h8-10,12-19,22,26H,7,11H2,1-6H3,(H,27,28). The van der Waals surface area contributed by atoms with E-state index < -0.39 is 0 Å². The molecule has 2 N–H and O–H groups in total. The molecule has 1 amide bonds. The Balaban J connectivity index is 2.03. The van der Waals surface area contributed by atoms with Crippen LogP contribution in [0.2, 0.25) is 0 Å². The van der Waals surface area contributed by atoms with E-state index >= 15 is 0 Å². The van der Waals surface area contributed by atoms with Gasteiger partial charge in [-0.2, -0.15) is 0 Å². The van der Waals surface area contributed by atoms with E-state index in [1.165, 1.54) is 0 Å². The van der Waals surface area contributed by atoms with Gasteiger partial charge in [0, 0.05) is 6.04 Å². The smallest absolute Gasteiger partial charge is 0.237 e. The van der Waals surface area contributed by atoms with Crippen LogP contribution in [0, 0.1) is 0 Å². The minimum absolute atomic E-state index is 0.00382. The highest BCUT2D eigenvalue weighted by Gasteiger charge is 2.21. The van der Waals surface area contributed by atoms with Gasteiger partial charge in [-0.05, 0) is 57.4 Å². The highest BCUT2D eigenvalue weighted by molar-refractivity contribution is 5.81. The van der Waals surface area contributed by atoms with Gasteiger partial charge >= 0.3 is 0 Å². The lowest BCUT2D eigenvalue weighted by Crippen LogP contribution is -2.44. The molecule has 2 aromatic rings. The van der Waals surface area contributed by atoms with Crippen molar-refractivity contribution >= 4 is 5.91 Å². The minimum atomic E-state index is -0.333. The molecule has 164 valence electrons. The number of carbonyl (C=O) groups is 1. The van der Waals surface area contributed by atoms with Crippen molar-refractivity contribution in [2.75, 3.05) is 7.11 Å². The van der Waals surface area contributed by atoms with Crippen molar-refractivity contribution in [1.82, 2.24) is 10.6 Å². The molecular formula is C25H36N2O3. The summed E-state index contributed by atoms with van der Waals surface area (Å²) in [4.78, 5) is 12.8. The first kappa shape index (κ1) is 23.7. The fourth-order valence-corrected chi connectivity index (χ4v) is 3.44. The molecular weight excluding hydrogens is 376 g/mol. The Bertz CT molecular complexity index is 792. The zero-order valence-electron chi connectivity index (χ0n) is 19.1. The first-order valence-electron chi connectivity index (χ1n) is 10.8. The highest BCUT2D eigenvalue weighted by Crippen LogP contribution is 2.31. The van der Waals surface area contributed by atoms with Crippen LogP contribution in [0.1, 0.15) is 70.7 Å². The average Bonchev–Trinajstić information content (AvgIpc) is 2.73. The van der Waals surface area contributed by atoms with E-state index in [0.717, 1.165) is 29.7 Å². The quantitative estimate of drug-likeness (QED) is 0.534. The molecule has 0 spiro atoms. The Kier molecular flexibility index (Phi) is 9.18. The molecule has 0 aromatic heterocycles. The Morgan fingerprint density at radius 1 is 0.967 bits per heavy atom. The summed E-state index contributed by atoms with van der Waals surface area (Å²) in [6.45, 7) is 10.0. The van der Waals surface area contributed by atoms with Crippen LogP contribution in [0.4, 0.5) is 0 Å². The van der Waals surface area contributed by atoms with Gasteiger partial charge in [0.1, 0.15) is 0 Å². The van der Waals surface area contributed by atoms with E-state index in [2.05, 4.69) is 29.7 Å². The van der Waals surface area contributed by atoms with Gasteiger partial charge in [-0.3, -0.25) is 10.1 Å². The number of methoxy groups -OCH3 is 1. The molecule has 2 aromatic carbocycles. The molecule has 0 saturated heterocycles. The predicted octanol–water partition coefficient (Wildman–Crippen LogP) is 5.18. The van der Waals surface area contributed by atoms with E-state index in [9.17, 15) is 4.79 Å². The van der Waals surface area contributed by atoms with Crippen LogP contribution in [0.25, 0.3) is 0 Å². The number of nitrogens with one attached hydrogen (secondary N) is 2. The van der Waals surface area contributed by atoms with Gasteiger partial charge in [0.2, 0.25) is 5.91 Å². The Morgan fingerprint density at radius 3 is 2.27 bits per heavy atom. The van der Waals surface area contributed by atoms with Crippen molar-refractivity contribution in [3.63, 3.8) is 0 Å². The maximum Gasteiger partial charge on any atom is 0.237 e. The van der Waals surface area contributed by atoms with Crippen molar-refractivity contribution in [3.05, 3.63) is 59.7 Å². The van der Waals surface area contributed by atoms with Crippen LogP contribution >= 0.6 is 0 Å². The van der Waals surface area contributed by atoms with Crippen LogP contribution in [-0.2, 0) is 4.79 Å². The largest absolute Gasteiger partial charge is 0.493 e. The molecule has 0 fully saturated rings. The highest BCUT2D eigenvalue weighted by atomic mass is 16.5. The van der Waals surface area contributed by atoms with E-state index in [-0.39, 0.29) is 30.1 Å². The van der Waals surface area contributed by atoms with Gasteiger partial charge in [-0.15, -0.1) is 0 Å². The maximum atomic E-state index is 12.8. The second kappa shape index (κ2) is 11.6. The summed E-state index contributed by atoms with van der Waals surface area (Å²) in [6, 6.07) is 15.7. The second-order valence-electron chi connectivity index (χ2n) is 7.95. The summed E-state index contributed by atoms with van der Waals surface area (Å²) < 4.78 is 11.3. The van der Waals surface area contributed by atoms with Gasteiger partial charge in [-0.25, -0.2) is 0 Å². The fourth-order valence-electron chi connectivity index (χ4n) is 3.44. The molecule has 0 aliphatic carbocycles. The number of ether oxygens (including phenoxy) is 2. The van der Waals surface area contributed by atoms with E-state index in [1.807, 2.05) is 64.1 Å². The molecule has 5 nitrogen and oxygen atoms in total. The van der Waals surface area contributed by atoms with E-state index in [4.69, 9.17) is 9.47 Å². The zero-order chi connectivity index (χ0) is 22.1. The summed E-state index contributed by atoms with van der Waals surface area (Å²) in [5.41, 5.74) is 2.18. The first-order chi connectivity index (χ1) is 14.3. The monoisotopic (exact) mass is 412 g/mol. The van der Waals surface area contributed by atoms with E-state index in [0.29, 0.717) is 5.75 Å². The maximum absolute atomic E-state index is 12.8. The lowest BCUT2D eigenvalue weighted by atomic mass is 10.0. The van der Waals surface area contributed by atoms with Crippen molar-refractivity contribution in [2.24, 2.45) is 0 Å². The third-order valence-corrected chi connectivity index (χ3v) is 5.04. The van der Waals surface area contributed by atoms with Crippen molar-refractivity contribution in [2.45, 2.75) is 71.7 Å². The Hall–Kier alpha value is -2.53. The molecule has 3 atom stereocenters. The number of rotatable bonds is 11. The van der Waals surface area contributed by atoms with Gasteiger partial charge in [0.25, 0.3) is 0 Å². The number of benzene rings is 2. The lowest BCUT2D eigenvalue weighted by molar-refractivity contribution is -0.123. The summed E-state index contributed by atoms with van der Waals surface area (Å²) in [5.74, 6) is 1.41.